The molecule has 2 aromatic carbocycles. The zero-order valence-corrected chi connectivity index (χ0v) is 14.2. The van der Waals surface area contributed by atoms with Crippen LogP contribution in [0.3, 0.4) is 0 Å². The SMILES string of the molecule is Cc1ccc(S(=O)(=O)C2C(c3cccc(Cl)c3)C2(N)CO)cc1. The van der Waals surface area contributed by atoms with E-state index in [0.717, 1.165) is 11.1 Å². The van der Waals surface area contributed by atoms with Gasteiger partial charge in [-0.1, -0.05) is 41.4 Å². The molecule has 4 nitrogen and oxygen atoms in total. The summed E-state index contributed by atoms with van der Waals surface area (Å²) in [6, 6.07) is 13.6. The Bertz CT molecular complexity index is 835. The summed E-state index contributed by atoms with van der Waals surface area (Å²) in [5, 5.41) is 9.32. The summed E-state index contributed by atoms with van der Waals surface area (Å²) in [4.78, 5) is 0.223. The fourth-order valence-corrected chi connectivity index (χ4v) is 5.64. The van der Waals surface area contributed by atoms with E-state index >= 15 is 0 Å². The molecule has 2 aromatic rings. The second-order valence-corrected chi connectivity index (χ2v) is 8.59. The van der Waals surface area contributed by atoms with Gasteiger partial charge < -0.3 is 10.8 Å². The van der Waals surface area contributed by atoms with E-state index in [-0.39, 0.29) is 4.90 Å². The zero-order valence-electron chi connectivity index (χ0n) is 12.6. The molecule has 3 N–H and O–H groups in total. The molecular formula is C17H18ClNO3S. The monoisotopic (exact) mass is 351 g/mol. The standard InChI is InChI=1S/C17H18ClNO3S/c1-11-5-7-14(8-6-11)23(21,22)16-15(17(16,19)10-20)12-3-2-4-13(18)9-12/h2-9,15-16,20H,10,19H2,1H3. The normalized spacial score (nSPS) is 27.0. The predicted octanol–water partition coefficient (Wildman–Crippen LogP) is 2.28. The van der Waals surface area contributed by atoms with Crippen molar-refractivity contribution >= 4 is 21.4 Å². The molecule has 3 atom stereocenters. The molecule has 3 unspecified atom stereocenters. The van der Waals surface area contributed by atoms with Gasteiger partial charge in [-0.3, -0.25) is 0 Å². The van der Waals surface area contributed by atoms with E-state index in [1.54, 1.807) is 48.5 Å². The van der Waals surface area contributed by atoms with Crippen molar-refractivity contribution in [3.8, 4) is 0 Å². The van der Waals surface area contributed by atoms with E-state index in [4.69, 9.17) is 17.3 Å². The maximum atomic E-state index is 12.9. The Morgan fingerprint density at radius 1 is 1.22 bits per heavy atom. The van der Waals surface area contributed by atoms with Crippen LogP contribution in [0.2, 0.25) is 5.02 Å². The van der Waals surface area contributed by atoms with Crippen molar-refractivity contribution in [3.05, 3.63) is 64.7 Å². The molecule has 0 amide bonds. The second kappa shape index (κ2) is 5.60. The third kappa shape index (κ3) is 2.68. The van der Waals surface area contributed by atoms with Gasteiger partial charge in [0.15, 0.2) is 9.84 Å². The molecule has 1 saturated carbocycles. The number of sulfone groups is 1. The van der Waals surface area contributed by atoms with Gasteiger partial charge in [0.2, 0.25) is 0 Å². The summed E-state index contributed by atoms with van der Waals surface area (Å²) in [5.41, 5.74) is 6.72. The van der Waals surface area contributed by atoms with Crippen LogP contribution in [0.15, 0.2) is 53.4 Å². The van der Waals surface area contributed by atoms with Gasteiger partial charge in [-0.25, -0.2) is 8.42 Å². The second-order valence-electron chi connectivity index (χ2n) is 6.08. The van der Waals surface area contributed by atoms with E-state index in [2.05, 4.69) is 0 Å². The lowest BCUT2D eigenvalue weighted by Gasteiger charge is -2.08. The largest absolute Gasteiger partial charge is 0.394 e. The van der Waals surface area contributed by atoms with Gasteiger partial charge in [0.05, 0.1) is 22.3 Å². The van der Waals surface area contributed by atoms with Crippen LogP contribution in [0.25, 0.3) is 0 Å². The average Bonchev–Trinajstić information content (AvgIpc) is 3.15. The molecule has 0 bridgehead atoms. The molecule has 23 heavy (non-hydrogen) atoms. The molecule has 122 valence electrons. The summed E-state index contributed by atoms with van der Waals surface area (Å²) < 4.78 is 25.8. The molecule has 0 spiro atoms. The van der Waals surface area contributed by atoms with Gasteiger partial charge in [0, 0.05) is 10.9 Å². The van der Waals surface area contributed by atoms with E-state index in [0.29, 0.717) is 5.02 Å². The van der Waals surface area contributed by atoms with Crippen LogP contribution in [0.5, 0.6) is 0 Å². The maximum absolute atomic E-state index is 12.9. The number of halogens is 1. The third-order valence-electron chi connectivity index (χ3n) is 4.47. The first-order chi connectivity index (χ1) is 10.8. The molecule has 1 aliphatic rings. The number of aliphatic hydroxyl groups is 1. The number of benzene rings is 2. The van der Waals surface area contributed by atoms with Crippen LogP contribution < -0.4 is 5.73 Å². The van der Waals surface area contributed by atoms with Crippen LogP contribution >= 0.6 is 11.6 Å². The van der Waals surface area contributed by atoms with Gasteiger partial charge in [-0.05, 0) is 36.8 Å². The molecular weight excluding hydrogens is 334 g/mol. The predicted molar refractivity (Wildman–Crippen MR) is 90.4 cm³/mol. The number of hydrogen-bond acceptors (Lipinski definition) is 4. The molecule has 0 saturated heterocycles. The van der Waals surface area contributed by atoms with Crippen molar-refractivity contribution in [2.75, 3.05) is 6.61 Å². The van der Waals surface area contributed by atoms with Gasteiger partial charge in [-0.2, -0.15) is 0 Å². The highest BCUT2D eigenvalue weighted by Crippen LogP contribution is 2.55. The molecule has 6 heteroatoms. The molecule has 1 aliphatic carbocycles. The molecule has 0 radical (unpaired) electrons. The van der Waals surface area contributed by atoms with E-state index in [1.165, 1.54) is 0 Å². The van der Waals surface area contributed by atoms with Gasteiger partial charge in [-0.15, -0.1) is 0 Å². The first-order valence-corrected chi connectivity index (χ1v) is 9.19. The lowest BCUT2D eigenvalue weighted by molar-refractivity contribution is 0.253. The minimum absolute atomic E-state index is 0.223. The number of aryl methyl sites for hydroxylation is 1. The van der Waals surface area contributed by atoms with Crippen molar-refractivity contribution < 1.29 is 13.5 Å². The molecule has 3 rings (SSSR count). The third-order valence-corrected chi connectivity index (χ3v) is 7.01. The van der Waals surface area contributed by atoms with Crippen LogP contribution in [-0.4, -0.2) is 30.9 Å². The summed E-state index contributed by atoms with van der Waals surface area (Å²) in [6.07, 6.45) is 0. The molecule has 0 aliphatic heterocycles. The van der Waals surface area contributed by atoms with Crippen molar-refractivity contribution in [2.45, 2.75) is 28.5 Å². The van der Waals surface area contributed by atoms with E-state index in [9.17, 15) is 13.5 Å². The Morgan fingerprint density at radius 3 is 2.43 bits per heavy atom. The maximum Gasteiger partial charge on any atom is 0.183 e. The summed E-state index contributed by atoms with van der Waals surface area (Å²) in [5.74, 6) is -0.475. The molecule has 0 aromatic heterocycles. The minimum Gasteiger partial charge on any atom is -0.394 e. The molecule has 1 fully saturated rings. The van der Waals surface area contributed by atoms with Crippen molar-refractivity contribution in [3.63, 3.8) is 0 Å². The number of nitrogens with two attached hydrogens (primary N) is 1. The average molecular weight is 352 g/mol. The van der Waals surface area contributed by atoms with Crippen LogP contribution in [0, 0.1) is 6.92 Å². The van der Waals surface area contributed by atoms with Gasteiger partial charge >= 0.3 is 0 Å². The highest BCUT2D eigenvalue weighted by Gasteiger charge is 2.69. The van der Waals surface area contributed by atoms with Crippen LogP contribution in [-0.2, 0) is 9.84 Å². The number of aliphatic hydroxyl groups excluding tert-OH is 1. The van der Waals surface area contributed by atoms with Crippen LogP contribution in [0.1, 0.15) is 17.0 Å². The van der Waals surface area contributed by atoms with Crippen LogP contribution in [0.4, 0.5) is 0 Å². The minimum atomic E-state index is -3.64. The fraction of sp³-hybridized carbons (Fsp3) is 0.294. The fourth-order valence-electron chi connectivity index (χ4n) is 3.14. The van der Waals surface area contributed by atoms with Crippen molar-refractivity contribution in [2.24, 2.45) is 5.73 Å². The lowest BCUT2D eigenvalue weighted by Crippen LogP contribution is -2.35. The Labute approximate surface area is 140 Å². The summed E-state index contributed by atoms with van der Waals surface area (Å²) in [7, 11) is -3.64. The highest BCUT2D eigenvalue weighted by atomic mass is 35.5. The quantitative estimate of drug-likeness (QED) is 0.885. The first kappa shape index (κ1) is 16.5. The smallest absolute Gasteiger partial charge is 0.183 e. The van der Waals surface area contributed by atoms with E-state index < -0.39 is 33.2 Å². The lowest BCUT2D eigenvalue weighted by atomic mass is 10.1. The summed E-state index contributed by atoms with van der Waals surface area (Å²) >= 11 is 6.00. The first-order valence-electron chi connectivity index (χ1n) is 7.26. The Kier molecular flexibility index (Phi) is 4.01. The van der Waals surface area contributed by atoms with Crippen molar-refractivity contribution in [1.29, 1.82) is 0 Å². The van der Waals surface area contributed by atoms with Crippen molar-refractivity contribution in [1.82, 2.24) is 0 Å². The van der Waals surface area contributed by atoms with Gasteiger partial charge in [0.1, 0.15) is 0 Å². The molecule has 0 heterocycles. The van der Waals surface area contributed by atoms with Gasteiger partial charge in [0.25, 0.3) is 0 Å². The highest BCUT2D eigenvalue weighted by molar-refractivity contribution is 7.92. The Morgan fingerprint density at radius 2 is 1.87 bits per heavy atom. The number of hydrogen-bond donors (Lipinski definition) is 2. The topological polar surface area (TPSA) is 80.4 Å². The number of rotatable bonds is 4. The summed E-state index contributed by atoms with van der Waals surface area (Å²) in [6.45, 7) is 1.49. The zero-order chi connectivity index (χ0) is 16.8. The Hall–Kier alpha value is -1.40. The Balaban J connectivity index is 2.03. The van der Waals surface area contributed by atoms with E-state index in [1.807, 2.05) is 6.92 Å².